The average molecular weight is 966 g/mol. The molecule has 2 N–H and O–H groups in total. The minimum Gasteiger partial charge on any atom is -0.460 e. The number of fused-ring (bicyclic) bond motifs is 3. The summed E-state index contributed by atoms with van der Waals surface area (Å²) in [6.45, 7) is 12.8. The lowest BCUT2D eigenvalue weighted by molar-refractivity contribution is -0.265. The van der Waals surface area contributed by atoms with Gasteiger partial charge in [-0.05, 0) is 117 Å². The molecule has 2 saturated heterocycles. The Labute approximate surface area is 408 Å². The summed E-state index contributed by atoms with van der Waals surface area (Å²) in [6, 6.07) is -1.20. The Balaban J connectivity index is 1.46. The molecule has 1 amide bonds. The number of carbonyl (C=O) groups is 5. The van der Waals surface area contributed by atoms with Gasteiger partial charge in [-0.1, -0.05) is 71.1 Å². The molecule has 1 saturated carbocycles. The van der Waals surface area contributed by atoms with Crippen LogP contribution < -0.4 is 0 Å². The van der Waals surface area contributed by atoms with E-state index in [-0.39, 0.29) is 60.9 Å². The fourth-order valence-electron chi connectivity index (χ4n) is 10.8. The molecule has 17 heteroatoms. The molecule has 0 aromatic carbocycles. The normalized spacial score (nSPS) is 36.3. The first kappa shape index (κ1) is 55.7. The topological polar surface area (TPSA) is 219 Å². The smallest absolute Gasteiger partial charge is 0.329 e. The van der Waals surface area contributed by atoms with Gasteiger partial charge in [-0.15, -0.1) is 5.10 Å². The van der Waals surface area contributed by atoms with Crippen LogP contribution in [0.4, 0.5) is 0 Å². The van der Waals surface area contributed by atoms with E-state index in [4.69, 9.17) is 23.7 Å². The van der Waals surface area contributed by atoms with Crippen molar-refractivity contribution in [1.29, 1.82) is 0 Å². The summed E-state index contributed by atoms with van der Waals surface area (Å²) in [6.07, 6.45) is 14.0. The molecule has 3 fully saturated rings. The van der Waals surface area contributed by atoms with Gasteiger partial charge < -0.3 is 38.8 Å². The van der Waals surface area contributed by atoms with Crippen molar-refractivity contribution in [1.82, 2.24) is 25.1 Å². The number of carbonyl (C=O) groups excluding carboxylic acids is 5. The second-order valence-electron chi connectivity index (χ2n) is 20.4. The Bertz CT molecular complexity index is 2020. The number of rotatable bonds is 7. The first-order valence-corrected chi connectivity index (χ1v) is 25.0. The molecule has 384 valence electrons. The molecular weight excluding hydrogens is 887 g/mol. The number of aromatic nitrogens is 4. The number of allylic oxidation sites excluding steroid dienone is 6. The molecule has 4 heterocycles. The Morgan fingerprint density at radius 1 is 0.899 bits per heavy atom. The third-order valence-electron chi connectivity index (χ3n) is 15.2. The van der Waals surface area contributed by atoms with E-state index in [1.807, 2.05) is 58.1 Å². The number of cyclic esters (lactones) is 1. The van der Waals surface area contributed by atoms with Crippen molar-refractivity contribution in [2.45, 2.75) is 180 Å². The van der Waals surface area contributed by atoms with Gasteiger partial charge in [0.2, 0.25) is 5.79 Å². The van der Waals surface area contributed by atoms with Crippen LogP contribution in [0.15, 0.2) is 53.9 Å². The molecule has 0 spiro atoms. The van der Waals surface area contributed by atoms with Gasteiger partial charge >= 0.3 is 5.97 Å². The second kappa shape index (κ2) is 25.7. The zero-order valence-electron chi connectivity index (χ0n) is 42.5. The van der Waals surface area contributed by atoms with E-state index < -0.39 is 77.8 Å². The molecule has 6 unspecified atom stereocenters. The van der Waals surface area contributed by atoms with Crippen LogP contribution in [0.25, 0.3) is 0 Å². The lowest BCUT2D eigenvalue weighted by Crippen LogP contribution is -2.61. The summed E-state index contributed by atoms with van der Waals surface area (Å²) < 4.78 is 31.6. The minimum atomic E-state index is -2.43. The van der Waals surface area contributed by atoms with E-state index >= 15 is 0 Å². The molecule has 17 nitrogen and oxygen atoms in total. The van der Waals surface area contributed by atoms with Gasteiger partial charge in [-0.3, -0.25) is 19.2 Å². The highest BCUT2D eigenvalue weighted by Crippen LogP contribution is 2.39. The third kappa shape index (κ3) is 14.2. The highest BCUT2D eigenvalue weighted by molar-refractivity contribution is 6.39. The summed E-state index contributed by atoms with van der Waals surface area (Å²) in [5, 5.41) is 35.2. The van der Waals surface area contributed by atoms with Crippen LogP contribution in [0, 0.1) is 35.5 Å². The molecule has 4 aliphatic rings. The zero-order valence-corrected chi connectivity index (χ0v) is 42.5. The van der Waals surface area contributed by atoms with E-state index in [0.717, 1.165) is 18.4 Å². The van der Waals surface area contributed by atoms with Crippen LogP contribution in [0.3, 0.4) is 0 Å². The van der Waals surface area contributed by atoms with Gasteiger partial charge in [0.25, 0.3) is 11.7 Å². The lowest BCUT2D eigenvalue weighted by Gasteiger charge is -2.42. The zero-order chi connectivity index (χ0) is 50.6. The first-order chi connectivity index (χ1) is 32.8. The third-order valence-corrected chi connectivity index (χ3v) is 15.2. The van der Waals surface area contributed by atoms with Gasteiger partial charge in [-0.25, -0.2) is 9.48 Å². The molecule has 69 heavy (non-hydrogen) atoms. The minimum absolute atomic E-state index is 0.0197. The number of methoxy groups -OCH3 is 3. The molecule has 1 aromatic rings. The van der Waals surface area contributed by atoms with Crippen LogP contribution in [0.1, 0.15) is 132 Å². The number of hydrogen-bond donors (Lipinski definition) is 2. The van der Waals surface area contributed by atoms with Gasteiger partial charge in [0.15, 0.2) is 11.6 Å². The number of hydrogen-bond acceptors (Lipinski definition) is 15. The van der Waals surface area contributed by atoms with Gasteiger partial charge in [0, 0.05) is 58.5 Å². The molecule has 15 atom stereocenters. The molecular formula is C52H79N5O12. The maximum Gasteiger partial charge on any atom is 0.329 e. The monoisotopic (exact) mass is 966 g/mol. The molecule has 5 rings (SSSR count). The van der Waals surface area contributed by atoms with Gasteiger partial charge in [0.1, 0.15) is 24.6 Å². The van der Waals surface area contributed by atoms with Crippen molar-refractivity contribution in [3.05, 3.63) is 53.9 Å². The maximum absolute atomic E-state index is 14.5. The van der Waals surface area contributed by atoms with Crippen molar-refractivity contribution in [3.63, 3.8) is 0 Å². The fraction of sp³-hybridized carbons (Fsp3) is 0.731. The molecule has 2 bridgehead atoms. The van der Waals surface area contributed by atoms with Crippen molar-refractivity contribution >= 4 is 29.2 Å². The van der Waals surface area contributed by atoms with Crippen molar-refractivity contribution in [3.8, 4) is 0 Å². The van der Waals surface area contributed by atoms with Crippen LogP contribution >= 0.6 is 0 Å². The van der Waals surface area contributed by atoms with Gasteiger partial charge in [0.05, 0.1) is 30.5 Å². The van der Waals surface area contributed by atoms with Crippen molar-refractivity contribution in [2.75, 3.05) is 27.9 Å². The highest BCUT2D eigenvalue weighted by atomic mass is 16.6. The van der Waals surface area contributed by atoms with E-state index in [9.17, 15) is 34.2 Å². The van der Waals surface area contributed by atoms with E-state index in [1.54, 1.807) is 52.1 Å². The SMILES string of the molecule is COC1C(=O)C(C)C[C@H](C)C=CC=CC=C(C)[C@@H](OC)C[C@@H]2CC[C@@H](C)[C@@](O)(O2)C(=O)C(=O)N2CCCCC2C(=O)O[C@H]([C@H](C)C[C@@H]2CCC(n3cnnn3)[C@H](OC)C2)CC(=O)C(C)=CC(C)C1O. The molecule has 1 aromatic heterocycles. The Morgan fingerprint density at radius 2 is 1.65 bits per heavy atom. The number of aliphatic hydroxyl groups is 2. The predicted molar refractivity (Wildman–Crippen MR) is 256 cm³/mol. The molecule has 3 aliphatic heterocycles. The summed E-state index contributed by atoms with van der Waals surface area (Å²) in [5.41, 5.74) is 1.20. The number of aliphatic hydroxyl groups excluding tert-OH is 1. The van der Waals surface area contributed by atoms with Crippen molar-refractivity contribution < 1.29 is 57.9 Å². The number of nitrogens with zero attached hydrogens (tertiary/aromatic N) is 5. The number of ether oxygens (including phenoxy) is 5. The van der Waals surface area contributed by atoms with Crippen LogP contribution in [0.5, 0.6) is 0 Å². The maximum atomic E-state index is 14.5. The van der Waals surface area contributed by atoms with Crippen LogP contribution in [-0.2, 0) is 47.7 Å². The van der Waals surface area contributed by atoms with E-state index in [2.05, 4.69) is 15.5 Å². The lowest BCUT2D eigenvalue weighted by atomic mass is 9.77. The summed E-state index contributed by atoms with van der Waals surface area (Å²) >= 11 is 0. The van der Waals surface area contributed by atoms with Gasteiger partial charge in [-0.2, -0.15) is 0 Å². The van der Waals surface area contributed by atoms with Crippen LogP contribution in [0.2, 0.25) is 0 Å². The fourth-order valence-corrected chi connectivity index (χ4v) is 10.8. The summed E-state index contributed by atoms with van der Waals surface area (Å²) in [5.74, 6) is -7.89. The largest absolute Gasteiger partial charge is 0.460 e. The number of piperidine rings is 1. The quantitative estimate of drug-likeness (QED) is 0.235. The Morgan fingerprint density at radius 3 is 2.33 bits per heavy atom. The number of ketones is 3. The summed E-state index contributed by atoms with van der Waals surface area (Å²) in [7, 11) is 4.63. The summed E-state index contributed by atoms with van der Waals surface area (Å²) in [4.78, 5) is 72.3. The average Bonchev–Trinajstić information content (AvgIpc) is 3.88. The Kier molecular flexibility index (Phi) is 20.8. The highest BCUT2D eigenvalue weighted by Gasteiger charge is 2.53. The van der Waals surface area contributed by atoms with E-state index in [0.29, 0.717) is 56.9 Å². The number of tetrazole rings is 1. The predicted octanol–water partition coefficient (Wildman–Crippen LogP) is 6.05. The standard InChI is InChI=1S/C52H79N5O12/c1-31-16-12-11-13-17-32(2)43(65-8)28-39-21-19-37(7)52(64,69-39)49(61)50(62)56-23-15-14-18-41(56)51(63)68-44(34(4)26-38-20-22-40(45(27-38)66-9)57-30-53-54-55-57)29-42(58)33(3)25-36(6)47(60)48(67-10)46(59)35(5)24-31/h11-13,16-17,25,30-31,34-41,43-45,47-48,60,64H,14-15,18-24,26-29H2,1-10H3/t31-,34-,35?,36?,37-,38+,39+,40?,41?,43+,44+,45-,47?,48?,52-/m1/s1. The first-order valence-electron chi connectivity index (χ1n) is 25.0. The van der Waals surface area contributed by atoms with E-state index in [1.165, 1.54) is 12.0 Å². The van der Waals surface area contributed by atoms with Crippen molar-refractivity contribution in [2.24, 2.45) is 35.5 Å². The number of esters is 1. The molecule has 0 radical (unpaired) electrons. The Hall–Kier alpha value is -4.26. The number of amides is 1. The molecule has 1 aliphatic carbocycles. The van der Waals surface area contributed by atoms with Crippen LogP contribution in [-0.4, -0.2) is 141 Å². The second-order valence-corrected chi connectivity index (χ2v) is 20.4. The number of Topliss-reactive ketones (excluding diaryl/α,β-unsaturated/α-hetero) is 3.